The van der Waals surface area contributed by atoms with Crippen LogP contribution in [0.2, 0.25) is 10.0 Å². The Balaban J connectivity index is 2.68. The third-order valence-corrected chi connectivity index (χ3v) is 3.34. The number of hydrogen-bond donors (Lipinski definition) is 0. The van der Waals surface area contributed by atoms with Crippen LogP contribution in [0.1, 0.15) is 11.1 Å². The average molecular weight is 262 g/mol. The molecule has 0 saturated carbocycles. The van der Waals surface area contributed by atoms with E-state index < -0.39 is 0 Å². The number of halogens is 2. The molecular formula is C14H9Cl2N. The molecule has 0 N–H and O–H groups in total. The van der Waals surface area contributed by atoms with E-state index in [4.69, 9.17) is 28.5 Å². The van der Waals surface area contributed by atoms with Crippen molar-refractivity contribution >= 4 is 23.2 Å². The van der Waals surface area contributed by atoms with E-state index in [0.29, 0.717) is 15.6 Å². The maximum atomic E-state index is 9.12. The summed E-state index contributed by atoms with van der Waals surface area (Å²) in [7, 11) is 0. The lowest BCUT2D eigenvalue weighted by atomic mass is 9.96. The molecule has 0 radical (unpaired) electrons. The van der Waals surface area contributed by atoms with Crippen LogP contribution < -0.4 is 0 Å². The first kappa shape index (κ1) is 12.0. The van der Waals surface area contributed by atoms with Gasteiger partial charge in [0.25, 0.3) is 0 Å². The topological polar surface area (TPSA) is 23.8 Å². The Morgan fingerprint density at radius 3 is 2.47 bits per heavy atom. The van der Waals surface area contributed by atoms with Crippen molar-refractivity contribution in [3.63, 3.8) is 0 Å². The zero-order valence-corrected chi connectivity index (χ0v) is 10.7. The molecule has 2 aromatic carbocycles. The van der Waals surface area contributed by atoms with Crippen LogP contribution in [0.25, 0.3) is 11.1 Å². The molecule has 84 valence electrons. The van der Waals surface area contributed by atoms with Crippen LogP contribution >= 0.6 is 23.2 Å². The molecule has 0 spiro atoms. The summed E-state index contributed by atoms with van der Waals surface area (Å²) in [5.74, 6) is 0. The molecule has 3 heteroatoms. The van der Waals surface area contributed by atoms with E-state index in [9.17, 15) is 0 Å². The lowest BCUT2D eigenvalue weighted by molar-refractivity contribution is 1.41. The van der Waals surface area contributed by atoms with Crippen molar-refractivity contribution in [3.05, 3.63) is 57.6 Å². The monoisotopic (exact) mass is 261 g/mol. The van der Waals surface area contributed by atoms with E-state index in [1.165, 1.54) is 0 Å². The normalized spacial score (nSPS) is 10.0. The first-order chi connectivity index (χ1) is 8.13. The Morgan fingerprint density at radius 2 is 1.82 bits per heavy atom. The van der Waals surface area contributed by atoms with Gasteiger partial charge in [0.15, 0.2) is 0 Å². The molecule has 0 aliphatic carbocycles. The fourth-order valence-electron chi connectivity index (χ4n) is 1.80. The molecule has 0 bridgehead atoms. The van der Waals surface area contributed by atoms with Crippen LogP contribution in [0.15, 0.2) is 36.4 Å². The van der Waals surface area contributed by atoms with Crippen molar-refractivity contribution in [2.24, 2.45) is 0 Å². The maximum absolute atomic E-state index is 9.12. The van der Waals surface area contributed by atoms with E-state index in [-0.39, 0.29) is 0 Å². The Labute approximate surface area is 110 Å². The number of nitrogens with zero attached hydrogens (tertiary/aromatic N) is 1. The summed E-state index contributed by atoms with van der Waals surface area (Å²) in [4.78, 5) is 0. The molecule has 17 heavy (non-hydrogen) atoms. The van der Waals surface area contributed by atoms with Gasteiger partial charge < -0.3 is 0 Å². The predicted octanol–water partition coefficient (Wildman–Crippen LogP) is 4.84. The molecule has 2 aromatic rings. The quantitative estimate of drug-likeness (QED) is 0.721. The van der Waals surface area contributed by atoms with Crippen molar-refractivity contribution in [3.8, 4) is 17.2 Å². The smallest absolute Gasteiger partial charge is 0.0998 e. The van der Waals surface area contributed by atoms with E-state index >= 15 is 0 Å². The molecule has 0 aromatic heterocycles. The van der Waals surface area contributed by atoms with Gasteiger partial charge in [0.1, 0.15) is 0 Å². The van der Waals surface area contributed by atoms with Crippen molar-refractivity contribution in [1.82, 2.24) is 0 Å². The summed E-state index contributed by atoms with van der Waals surface area (Å²) in [6, 6.07) is 13.2. The molecule has 2 rings (SSSR count). The third kappa shape index (κ3) is 2.29. The van der Waals surface area contributed by atoms with Crippen molar-refractivity contribution in [1.29, 1.82) is 5.26 Å². The largest absolute Gasteiger partial charge is 0.192 e. The summed E-state index contributed by atoms with van der Waals surface area (Å²) < 4.78 is 0. The number of rotatable bonds is 1. The van der Waals surface area contributed by atoms with Crippen LogP contribution in [0, 0.1) is 18.3 Å². The molecule has 0 heterocycles. The van der Waals surface area contributed by atoms with E-state index in [1.807, 2.05) is 25.1 Å². The standard InChI is InChI=1S/C14H9Cl2N/c1-9-3-2-4-11(8-17)14(9)10-5-6-12(15)13(16)7-10/h2-7H,1H3. The lowest BCUT2D eigenvalue weighted by Gasteiger charge is -2.09. The second-order valence-electron chi connectivity index (χ2n) is 3.74. The molecule has 0 amide bonds. The Morgan fingerprint density at radius 1 is 1.06 bits per heavy atom. The minimum Gasteiger partial charge on any atom is -0.192 e. The van der Waals surface area contributed by atoms with Gasteiger partial charge in [-0.05, 0) is 36.2 Å². The average Bonchev–Trinajstić information content (AvgIpc) is 2.32. The fourth-order valence-corrected chi connectivity index (χ4v) is 2.09. The highest BCUT2D eigenvalue weighted by Gasteiger charge is 2.09. The van der Waals surface area contributed by atoms with Gasteiger partial charge in [0.05, 0.1) is 21.7 Å². The van der Waals surface area contributed by atoms with Gasteiger partial charge >= 0.3 is 0 Å². The van der Waals surface area contributed by atoms with E-state index in [0.717, 1.165) is 16.7 Å². The molecule has 1 nitrogen and oxygen atoms in total. The molecule has 0 aliphatic rings. The van der Waals surface area contributed by atoms with Crippen LogP contribution in [0.5, 0.6) is 0 Å². The van der Waals surface area contributed by atoms with Gasteiger partial charge in [-0.25, -0.2) is 0 Å². The second-order valence-corrected chi connectivity index (χ2v) is 4.55. The number of aryl methyl sites for hydroxylation is 1. The first-order valence-corrected chi connectivity index (χ1v) is 5.84. The summed E-state index contributed by atoms with van der Waals surface area (Å²) in [5.41, 5.74) is 3.51. The zero-order chi connectivity index (χ0) is 12.4. The van der Waals surface area contributed by atoms with Crippen molar-refractivity contribution in [2.45, 2.75) is 6.92 Å². The second kappa shape index (κ2) is 4.79. The third-order valence-electron chi connectivity index (χ3n) is 2.60. The van der Waals surface area contributed by atoms with E-state index in [2.05, 4.69) is 6.07 Å². The summed E-state index contributed by atoms with van der Waals surface area (Å²) >= 11 is 11.9. The van der Waals surface area contributed by atoms with Gasteiger partial charge in [0, 0.05) is 5.56 Å². The Hall–Kier alpha value is -1.49. The maximum Gasteiger partial charge on any atom is 0.0998 e. The highest BCUT2D eigenvalue weighted by atomic mass is 35.5. The number of benzene rings is 2. The highest BCUT2D eigenvalue weighted by Crippen LogP contribution is 2.32. The summed E-state index contributed by atoms with van der Waals surface area (Å²) in [5, 5.41) is 10.1. The molecular weight excluding hydrogens is 253 g/mol. The minimum absolute atomic E-state index is 0.497. The van der Waals surface area contributed by atoms with Gasteiger partial charge in [-0.15, -0.1) is 0 Å². The molecule has 0 saturated heterocycles. The van der Waals surface area contributed by atoms with Crippen molar-refractivity contribution < 1.29 is 0 Å². The van der Waals surface area contributed by atoms with Gasteiger partial charge in [0.2, 0.25) is 0 Å². The minimum atomic E-state index is 0.497. The molecule has 0 aliphatic heterocycles. The van der Waals surface area contributed by atoms with Gasteiger partial charge in [-0.1, -0.05) is 41.4 Å². The predicted molar refractivity (Wildman–Crippen MR) is 71.4 cm³/mol. The Kier molecular flexibility index (Phi) is 3.38. The number of nitriles is 1. The van der Waals surface area contributed by atoms with Crippen LogP contribution in [-0.2, 0) is 0 Å². The van der Waals surface area contributed by atoms with E-state index in [1.54, 1.807) is 18.2 Å². The molecule has 0 unspecified atom stereocenters. The first-order valence-electron chi connectivity index (χ1n) is 5.08. The fraction of sp³-hybridized carbons (Fsp3) is 0.0714. The van der Waals surface area contributed by atoms with Crippen LogP contribution in [0.3, 0.4) is 0 Å². The summed E-state index contributed by atoms with van der Waals surface area (Å²) in [6.45, 7) is 1.97. The van der Waals surface area contributed by atoms with Gasteiger partial charge in [-0.3, -0.25) is 0 Å². The van der Waals surface area contributed by atoms with Gasteiger partial charge in [-0.2, -0.15) is 5.26 Å². The number of hydrogen-bond acceptors (Lipinski definition) is 1. The molecule has 0 fully saturated rings. The lowest BCUT2D eigenvalue weighted by Crippen LogP contribution is -1.88. The SMILES string of the molecule is Cc1cccc(C#N)c1-c1ccc(Cl)c(Cl)c1. The highest BCUT2D eigenvalue weighted by molar-refractivity contribution is 6.42. The summed E-state index contributed by atoms with van der Waals surface area (Å²) in [6.07, 6.45) is 0. The van der Waals surface area contributed by atoms with Crippen LogP contribution in [0.4, 0.5) is 0 Å². The zero-order valence-electron chi connectivity index (χ0n) is 9.17. The Bertz CT molecular complexity index is 612. The van der Waals surface area contributed by atoms with Crippen molar-refractivity contribution in [2.75, 3.05) is 0 Å². The molecule has 0 atom stereocenters. The van der Waals surface area contributed by atoms with Crippen LogP contribution in [-0.4, -0.2) is 0 Å².